The number of nitrogens with one attached hydrogen (secondary N) is 1. The Labute approximate surface area is 130 Å². The Hall–Kier alpha value is -1.24. The summed E-state index contributed by atoms with van der Waals surface area (Å²) in [5.41, 5.74) is 0.502. The van der Waals surface area contributed by atoms with Crippen molar-refractivity contribution in [3.05, 3.63) is 34.6 Å². The third-order valence-corrected chi connectivity index (χ3v) is 4.28. The van der Waals surface area contributed by atoms with Gasteiger partial charge in [0.15, 0.2) is 5.16 Å². The number of aromatic nitrogens is 3. The van der Waals surface area contributed by atoms with Crippen LogP contribution in [0.5, 0.6) is 0 Å². The van der Waals surface area contributed by atoms with Crippen LogP contribution in [-0.4, -0.2) is 26.4 Å². The number of hydrogen-bond acceptors (Lipinski definition) is 4. The first kappa shape index (κ1) is 15.2. The van der Waals surface area contributed by atoms with Gasteiger partial charge in [0.2, 0.25) is 5.91 Å². The Balaban J connectivity index is 1.94. The summed E-state index contributed by atoms with van der Waals surface area (Å²) in [5, 5.41) is 11.9. The van der Waals surface area contributed by atoms with Crippen molar-refractivity contribution in [3.8, 4) is 0 Å². The average molecular weight is 331 g/mol. The van der Waals surface area contributed by atoms with Gasteiger partial charge in [-0.3, -0.25) is 4.79 Å². The molecule has 0 spiro atoms. The number of aryl methyl sites for hydroxylation is 1. The SMILES string of the molecule is CCn1cnnc1SCC(=O)Nc1cccc(Cl)c1Cl. The van der Waals surface area contributed by atoms with Crippen molar-refractivity contribution in [2.75, 3.05) is 11.1 Å². The Morgan fingerprint density at radius 1 is 1.45 bits per heavy atom. The molecule has 20 heavy (non-hydrogen) atoms. The van der Waals surface area contributed by atoms with E-state index in [0.29, 0.717) is 20.9 Å². The number of rotatable bonds is 5. The Bertz CT molecular complexity index is 617. The summed E-state index contributed by atoms with van der Waals surface area (Å²) in [6.07, 6.45) is 1.63. The molecule has 0 aliphatic rings. The molecule has 0 fully saturated rings. The molecule has 0 saturated heterocycles. The van der Waals surface area contributed by atoms with Gasteiger partial charge >= 0.3 is 0 Å². The fourth-order valence-corrected chi connectivity index (χ4v) is 2.62. The third-order valence-electron chi connectivity index (χ3n) is 2.48. The van der Waals surface area contributed by atoms with Gasteiger partial charge in [0.05, 0.1) is 21.5 Å². The van der Waals surface area contributed by atoms with Gasteiger partial charge in [0, 0.05) is 6.54 Å². The number of benzene rings is 1. The third kappa shape index (κ3) is 3.65. The van der Waals surface area contributed by atoms with Crippen LogP contribution in [0.15, 0.2) is 29.7 Å². The van der Waals surface area contributed by atoms with Gasteiger partial charge in [-0.05, 0) is 19.1 Å². The van der Waals surface area contributed by atoms with Crippen LogP contribution < -0.4 is 5.32 Å². The van der Waals surface area contributed by atoms with E-state index in [-0.39, 0.29) is 11.7 Å². The van der Waals surface area contributed by atoms with Crippen molar-refractivity contribution >= 4 is 46.6 Å². The molecule has 1 aromatic carbocycles. The molecule has 0 radical (unpaired) electrons. The normalized spacial score (nSPS) is 10.6. The molecule has 2 rings (SSSR count). The molecule has 1 heterocycles. The zero-order valence-corrected chi connectivity index (χ0v) is 13.0. The second-order valence-corrected chi connectivity index (χ2v) is 5.57. The average Bonchev–Trinajstić information content (AvgIpc) is 2.89. The summed E-state index contributed by atoms with van der Waals surface area (Å²) < 4.78 is 1.87. The quantitative estimate of drug-likeness (QED) is 0.854. The first-order chi connectivity index (χ1) is 9.61. The van der Waals surface area contributed by atoms with E-state index < -0.39 is 0 Å². The Morgan fingerprint density at radius 2 is 2.25 bits per heavy atom. The minimum atomic E-state index is -0.176. The lowest BCUT2D eigenvalue weighted by atomic mass is 10.3. The van der Waals surface area contributed by atoms with Crippen LogP contribution >= 0.6 is 35.0 Å². The second-order valence-electron chi connectivity index (χ2n) is 3.84. The van der Waals surface area contributed by atoms with E-state index in [1.165, 1.54) is 11.8 Å². The first-order valence-corrected chi connectivity index (χ1v) is 7.60. The van der Waals surface area contributed by atoms with Gasteiger partial charge in [-0.15, -0.1) is 10.2 Å². The highest BCUT2D eigenvalue weighted by Crippen LogP contribution is 2.29. The van der Waals surface area contributed by atoms with E-state index in [4.69, 9.17) is 23.2 Å². The molecule has 1 aromatic heterocycles. The summed E-state index contributed by atoms with van der Waals surface area (Å²) in [7, 11) is 0. The number of halogens is 2. The highest BCUT2D eigenvalue weighted by atomic mass is 35.5. The van der Waals surface area contributed by atoms with Crippen molar-refractivity contribution < 1.29 is 4.79 Å². The summed E-state index contributed by atoms with van der Waals surface area (Å²) in [6, 6.07) is 5.09. The predicted molar refractivity (Wildman–Crippen MR) is 81.5 cm³/mol. The zero-order valence-electron chi connectivity index (χ0n) is 10.6. The van der Waals surface area contributed by atoms with E-state index >= 15 is 0 Å². The van der Waals surface area contributed by atoms with E-state index in [9.17, 15) is 4.79 Å². The molecule has 1 N–H and O–H groups in total. The Kier molecular flexibility index (Phi) is 5.28. The summed E-state index contributed by atoms with van der Waals surface area (Å²) >= 11 is 13.2. The van der Waals surface area contributed by atoms with Crippen LogP contribution in [0, 0.1) is 0 Å². The topological polar surface area (TPSA) is 59.8 Å². The maximum atomic E-state index is 11.9. The van der Waals surface area contributed by atoms with E-state index in [0.717, 1.165) is 6.54 Å². The largest absolute Gasteiger partial charge is 0.324 e. The van der Waals surface area contributed by atoms with Gasteiger partial charge in [-0.25, -0.2) is 0 Å². The van der Waals surface area contributed by atoms with Crippen molar-refractivity contribution in [3.63, 3.8) is 0 Å². The highest BCUT2D eigenvalue weighted by Gasteiger charge is 2.10. The smallest absolute Gasteiger partial charge is 0.234 e. The van der Waals surface area contributed by atoms with Crippen molar-refractivity contribution in [2.24, 2.45) is 0 Å². The highest BCUT2D eigenvalue weighted by molar-refractivity contribution is 7.99. The lowest BCUT2D eigenvalue weighted by molar-refractivity contribution is -0.113. The number of carbonyl (C=O) groups excluding carboxylic acids is 1. The number of carbonyl (C=O) groups is 1. The van der Waals surface area contributed by atoms with Crippen molar-refractivity contribution in [1.82, 2.24) is 14.8 Å². The number of amides is 1. The van der Waals surface area contributed by atoms with Crippen molar-refractivity contribution in [2.45, 2.75) is 18.6 Å². The predicted octanol–water partition coefficient (Wildman–Crippen LogP) is 3.34. The molecule has 0 unspecified atom stereocenters. The minimum Gasteiger partial charge on any atom is -0.324 e. The van der Waals surface area contributed by atoms with Gasteiger partial charge in [-0.2, -0.15) is 0 Å². The molecule has 2 aromatic rings. The van der Waals surface area contributed by atoms with Crippen LogP contribution in [0.3, 0.4) is 0 Å². The van der Waals surface area contributed by atoms with Crippen LogP contribution in [0.4, 0.5) is 5.69 Å². The standard InChI is InChI=1S/C12H12Cl2N4OS/c1-2-18-7-15-17-12(18)20-6-10(19)16-9-5-3-4-8(13)11(9)14/h3-5,7H,2,6H2,1H3,(H,16,19). The number of thioether (sulfide) groups is 1. The molecular weight excluding hydrogens is 319 g/mol. The first-order valence-electron chi connectivity index (χ1n) is 5.86. The minimum absolute atomic E-state index is 0.176. The molecule has 0 saturated carbocycles. The lowest BCUT2D eigenvalue weighted by Crippen LogP contribution is -2.15. The monoisotopic (exact) mass is 330 g/mol. The molecule has 0 aliphatic carbocycles. The molecular formula is C12H12Cl2N4OS. The van der Waals surface area contributed by atoms with Gasteiger partial charge in [0.1, 0.15) is 6.33 Å². The van der Waals surface area contributed by atoms with E-state index in [1.54, 1.807) is 24.5 Å². The van der Waals surface area contributed by atoms with Gasteiger partial charge < -0.3 is 9.88 Å². The molecule has 5 nitrogen and oxygen atoms in total. The van der Waals surface area contributed by atoms with Gasteiger partial charge in [-0.1, -0.05) is 41.0 Å². The lowest BCUT2D eigenvalue weighted by Gasteiger charge is -2.08. The maximum absolute atomic E-state index is 11.9. The molecule has 0 aliphatic heterocycles. The second kappa shape index (κ2) is 6.97. The van der Waals surface area contributed by atoms with Crippen LogP contribution in [0.2, 0.25) is 10.0 Å². The van der Waals surface area contributed by atoms with Gasteiger partial charge in [0.25, 0.3) is 0 Å². The fourth-order valence-electron chi connectivity index (χ4n) is 1.49. The number of nitrogens with zero attached hydrogens (tertiary/aromatic N) is 3. The number of hydrogen-bond donors (Lipinski definition) is 1. The van der Waals surface area contributed by atoms with Crippen molar-refractivity contribution in [1.29, 1.82) is 0 Å². The summed E-state index contributed by atoms with van der Waals surface area (Å²) in [6.45, 7) is 2.75. The molecule has 0 atom stereocenters. The van der Waals surface area contributed by atoms with Crippen LogP contribution in [-0.2, 0) is 11.3 Å². The molecule has 0 bridgehead atoms. The Morgan fingerprint density at radius 3 is 3.00 bits per heavy atom. The maximum Gasteiger partial charge on any atom is 0.234 e. The van der Waals surface area contributed by atoms with E-state index in [1.807, 2.05) is 11.5 Å². The van der Waals surface area contributed by atoms with Crippen LogP contribution in [0.1, 0.15) is 6.92 Å². The summed E-state index contributed by atoms with van der Waals surface area (Å²) in [5.74, 6) is 0.0477. The van der Waals surface area contributed by atoms with E-state index in [2.05, 4.69) is 15.5 Å². The van der Waals surface area contributed by atoms with Crippen LogP contribution in [0.25, 0.3) is 0 Å². The summed E-state index contributed by atoms with van der Waals surface area (Å²) in [4.78, 5) is 11.9. The number of anilines is 1. The molecule has 106 valence electrons. The molecule has 1 amide bonds. The fraction of sp³-hybridized carbons (Fsp3) is 0.250. The zero-order chi connectivity index (χ0) is 14.5. The molecule has 8 heteroatoms.